The molecule has 19 heavy (non-hydrogen) atoms. The Labute approximate surface area is 115 Å². The molecule has 1 atom stereocenters. The number of nitrogens with two attached hydrogens (primary N) is 1. The minimum atomic E-state index is -3.47. The van der Waals surface area contributed by atoms with Crippen molar-refractivity contribution >= 4 is 10.0 Å². The number of nitrogens with one attached hydrogen (secondary N) is 1. The summed E-state index contributed by atoms with van der Waals surface area (Å²) in [7, 11) is -3.47. The lowest BCUT2D eigenvalue weighted by molar-refractivity contribution is 0.527. The van der Waals surface area contributed by atoms with E-state index in [0.29, 0.717) is 13.1 Å². The Kier molecular flexibility index (Phi) is 6.47. The number of aromatic nitrogens is 2. The van der Waals surface area contributed by atoms with Crippen molar-refractivity contribution in [3.63, 3.8) is 0 Å². The number of sulfonamides is 1. The Bertz CT molecular complexity index is 470. The molecule has 0 saturated heterocycles. The molecule has 0 aliphatic heterocycles. The van der Waals surface area contributed by atoms with Gasteiger partial charge < -0.3 is 5.73 Å². The van der Waals surface area contributed by atoms with Gasteiger partial charge in [-0.05, 0) is 13.3 Å². The lowest BCUT2D eigenvalue weighted by Gasteiger charge is -2.12. The van der Waals surface area contributed by atoms with E-state index in [1.165, 1.54) is 17.1 Å². The van der Waals surface area contributed by atoms with Crippen LogP contribution < -0.4 is 10.5 Å². The van der Waals surface area contributed by atoms with Gasteiger partial charge in [0.2, 0.25) is 10.0 Å². The standard InChI is InChI=1S/C12H24N4O2S/c1-3-4-5-6-11(2)15-19(17,18)12-9-14-16(10-12)8-7-13/h9-11,15H,3-8,13H2,1-2H3. The lowest BCUT2D eigenvalue weighted by Crippen LogP contribution is -2.32. The molecule has 0 bridgehead atoms. The van der Waals surface area contributed by atoms with Crippen molar-refractivity contribution in [3.05, 3.63) is 12.4 Å². The van der Waals surface area contributed by atoms with Crippen molar-refractivity contribution in [1.29, 1.82) is 0 Å². The first kappa shape index (κ1) is 16.1. The first-order chi connectivity index (χ1) is 8.99. The average Bonchev–Trinajstić information content (AvgIpc) is 2.78. The number of nitrogens with zero attached hydrogens (tertiary/aromatic N) is 2. The molecule has 1 rings (SSSR count). The van der Waals surface area contributed by atoms with E-state index in [1.807, 2.05) is 6.92 Å². The van der Waals surface area contributed by atoms with Gasteiger partial charge in [0, 0.05) is 18.8 Å². The maximum Gasteiger partial charge on any atom is 0.243 e. The van der Waals surface area contributed by atoms with Crippen molar-refractivity contribution in [3.8, 4) is 0 Å². The van der Waals surface area contributed by atoms with Gasteiger partial charge in [0.25, 0.3) is 0 Å². The second-order valence-corrected chi connectivity index (χ2v) is 6.46. The number of rotatable bonds is 9. The Balaban J connectivity index is 2.58. The van der Waals surface area contributed by atoms with E-state index in [1.54, 1.807) is 0 Å². The quantitative estimate of drug-likeness (QED) is 0.666. The van der Waals surface area contributed by atoms with Gasteiger partial charge in [0.15, 0.2) is 0 Å². The maximum atomic E-state index is 12.1. The second-order valence-electron chi connectivity index (χ2n) is 4.75. The fourth-order valence-corrected chi connectivity index (χ4v) is 3.06. The molecule has 0 amide bonds. The molecule has 0 radical (unpaired) electrons. The third kappa shape index (κ3) is 5.30. The Morgan fingerprint density at radius 3 is 2.84 bits per heavy atom. The molecule has 0 aliphatic rings. The molecule has 1 unspecified atom stereocenters. The second kappa shape index (κ2) is 7.62. The topological polar surface area (TPSA) is 90.0 Å². The summed E-state index contributed by atoms with van der Waals surface area (Å²) in [4.78, 5) is 0.197. The molecule has 6 nitrogen and oxygen atoms in total. The van der Waals surface area contributed by atoms with E-state index in [0.717, 1.165) is 25.7 Å². The van der Waals surface area contributed by atoms with E-state index in [2.05, 4.69) is 16.7 Å². The average molecular weight is 288 g/mol. The summed E-state index contributed by atoms with van der Waals surface area (Å²) >= 11 is 0. The van der Waals surface area contributed by atoms with E-state index in [4.69, 9.17) is 5.73 Å². The minimum Gasteiger partial charge on any atom is -0.329 e. The van der Waals surface area contributed by atoms with Crippen LogP contribution in [0.15, 0.2) is 17.3 Å². The van der Waals surface area contributed by atoms with E-state index >= 15 is 0 Å². The van der Waals surface area contributed by atoms with Crippen LogP contribution in [0.25, 0.3) is 0 Å². The van der Waals surface area contributed by atoms with Crippen LogP contribution in [0.3, 0.4) is 0 Å². The highest BCUT2D eigenvalue weighted by molar-refractivity contribution is 7.89. The molecule has 3 N–H and O–H groups in total. The van der Waals surface area contributed by atoms with Crippen LogP contribution in [-0.2, 0) is 16.6 Å². The van der Waals surface area contributed by atoms with Crippen LogP contribution >= 0.6 is 0 Å². The van der Waals surface area contributed by atoms with Gasteiger partial charge in [0.05, 0.1) is 12.7 Å². The van der Waals surface area contributed by atoms with Crippen molar-refractivity contribution < 1.29 is 8.42 Å². The van der Waals surface area contributed by atoms with E-state index in [-0.39, 0.29) is 10.9 Å². The highest BCUT2D eigenvalue weighted by atomic mass is 32.2. The molecule has 1 heterocycles. The summed E-state index contributed by atoms with van der Waals surface area (Å²) < 4.78 is 28.4. The van der Waals surface area contributed by atoms with Crippen molar-refractivity contribution in [2.45, 2.75) is 57.0 Å². The van der Waals surface area contributed by atoms with E-state index in [9.17, 15) is 8.42 Å². The minimum absolute atomic E-state index is 0.0607. The third-order valence-electron chi connectivity index (χ3n) is 2.88. The molecule has 0 saturated carbocycles. The molecule has 1 aromatic heterocycles. The first-order valence-corrected chi connectivity index (χ1v) is 8.22. The highest BCUT2D eigenvalue weighted by Gasteiger charge is 2.18. The Hall–Kier alpha value is -0.920. The molecule has 0 aliphatic carbocycles. The molecule has 0 aromatic carbocycles. The monoisotopic (exact) mass is 288 g/mol. The highest BCUT2D eigenvalue weighted by Crippen LogP contribution is 2.10. The van der Waals surface area contributed by atoms with Gasteiger partial charge in [-0.3, -0.25) is 4.68 Å². The summed E-state index contributed by atoms with van der Waals surface area (Å²) in [6.07, 6.45) is 7.01. The molecule has 0 spiro atoms. The summed E-state index contributed by atoms with van der Waals surface area (Å²) in [5.41, 5.74) is 5.40. The van der Waals surface area contributed by atoms with Gasteiger partial charge in [0.1, 0.15) is 4.90 Å². The summed E-state index contributed by atoms with van der Waals surface area (Å²) in [5, 5.41) is 3.97. The summed E-state index contributed by atoms with van der Waals surface area (Å²) in [6.45, 7) is 4.96. The van der Waals surface area contributed by atoms with E-state index < -0.39 is 10.0 Å². The SMILES string of the molecule is CCCCCC(C)NS(=O)(=O)c1cnn(CCN)c1. The molecule has 7 heteroatoms. The number of hydrogen-bond acceptors (Lipinski definition) is 4. The van der Waals surface area contributed by atoms with Gasteiger partial charge in [-0.1, -0.05) is 26.2 Å². The van der Waals surface area contributed by atoms with Crippen LogP contribution in [0.4, 0.5) is 0 Å². The predicted octanol–water partition coefficient (Wildman–Crippen LogP) is 1.09. The van der Waals surface area contributed by atoms with Gasteiger partial charge in [-0.15, -0.1) is 0 Å². The molecule has 1 aromatic rings. The Morgan fingerprint density at radius 1 is 1.47 bits per heavy atom. The maximum absolute atomic E-state index is 12.1. The first-order valence-electron chi connectivity index (χ1n) is 6.74. The van der Waals surface area contributed by atoms with Gasteiger partial charge in [-0.2, -0.15) is 5.10 Å². The zero-order chi connectivity index (χ0) is 14.3. The molecule has 0 fully saturated rings. The fourth-order valence-electron chi connectivity index (χ4n) is 1.83. The Morgan fingerprint density at radius 2 is 2.21 bits per heavy atom. The smallest absolute Gasteiger partial charge is 0.243 e. The summed E-state index contributed by atoms with van der Waals surface area (Å²) in [6, 6.07) is -0.0607. The normalized spacial score (nSPS) is 13.6. The van der Waals surface area contributed by atoms with Crippen LogP contribution in [0.1, 0.15) is 39.5 Å². The van der Waals surface area contributed by atoms with Gasteiger partial charge in [-0.25, -0.2) is 13.1 Å². The number of hydrogen-bond donors (Lipinski definition) is 2. The van der Waals surface area contributed by atoms with Crippen LogP contribution in [0.2, 0.25) is 0 Å². The van der Waals surface area contributed by atoms with Crippen LogP contribution in [0.5, 0.6) is 0 Å². The lowest BCUT2D eigenvalue weighted by atomic mass is 10.1. The van der Waals surface area contributed by atoms with Crippen molar-refractivity contribution in [2.75, 3.05) is 6.54 Å². The molecular formula is C12H24N4O2S. The number of unbranched alkanes of at least 4 members (excludes halogenated alkanes) is 2. The zero-order valence-corrected chi connectivity index (χ0v) is 12.5. The summed E-state index contributed by atoms with van der Waals surface area (Å²) in [5.74, 6) is 0. The molecular weight excluding hydrogens is 264 g/mol. The van der Waals surface area contributed by atoms with Crippen molar-refractivity contribution in [2.24, 2.45) is 5.73 Å². The van der Waals surface area contributed by atoms with Crippen LogP contribution in [-0.4, -0.2) is 30.8 Å². The van der Waals surface area contributed by atoms with Crippen LogP contribution in [0, 0.1) is 0 Å². The zero-order valence-electron chi connectivity index (χ0n) is 11.7. The predicted molar refractivity (Wildman–Crippen MR) is 75.2 cm³/mol. The van der Waals surface area contributed by atoms with Crippen molar-refractivity contribution in [1.82, 2.24) is 14.5 Å². The molecule has 110 valence electrons. The largest absolute Gasteiger partial charge is 0.329 e. The van der Waals surface area contributed by atoms with Gasteiger partial charge >= 0.3 is 0 Å². The fraction of sp³-hybridized carbons (Fsp3) is 0.750. The third-order valence-corrected chi connectivity index (χ3v) is 4.42.